The number of halogens is 1. The normalized spacial score (nSPS) is 17.2. The molecule has 0 radical (unpaired) electrons. The van der Waals surface area contributed by atoms with Crippen molar-refractivity contribution in [1.82, 2.24) is 19.3 Å². The van der Waals surface area contributed by atoms with Crippen LogP contribution in [-0.2, 0) is 25.9 Å². The summed E-state index contributed by atoms with van der Waals surface area (Å²) in [5, 5.41) is 3.56. The number of carbonyl (C=O) groups is 2. The van der Waals surface area contributed by atoms with Gasteiger partial charge in [-0.05, 0) is 75.5 Å². The summed E-state index contributed by atoms with van der Waals surface area (Å²) < 4.78 is 33.8. The average molecular weight is 729 g/mol. The first-order valence-electron chi connectivity index (χ1n) is 18.1. The Morgan fingerprint density at radius 2 is 1.83 bits per heavy atom. The molecule has 0 atom stereocenters. The molecule has 1 aromatic carbocycles. The molecule has 3 aliphatic rings. The highest BCUT2D eigenvalue weighted by molar-refractivity contribution is 6.74. The summed E-state index contributed by atoms with van der Waals surface area (Å²) in [6, 6.07) is 10.6. The van der Waals surface area contributed by atoms with Gasteiger partial charge in [0.25, 0.3) is 5.91 Å². The lowest BCUT2D eigenvalue weighted by molar-refractivity contribution is 0.0248. The van der Waals surface area contributed by atoms with E-state index in [0.29, 0.717) is 59.4 Å². The fraction of sp³-hybridized carbons (Fsp3) is 0.487. The van der Waals surface area contributed by atoms with Crippen molar-refractivity contribution in [2.45, 2.75) is 90.1 Å². The molecule has 0 saturated carbocycles. The van der Waals surface area contributed by atoms with Crippen molar-refractivity contribution in [2.24, 2.45) is 0 Å². The standard InChI is InChI=1S/C39H49FN6O5Si/c1-37(2,3)51-36(48)46-23-27-26(30-22-41-32-21-25(40)13-16-45(30)32)9-11-29(33(27)35(46)47)42-31-12-10-28-34(43-31)44(24-39(28)14-18-49-19-15-39)17-20-50-52(7,8)38(4,5)6/h9-13,16,21-22H,14-15,17-20,23-24H2,1-8H3,(H,42,43). The number of nitrogens with one attached hydrogen (secondary N) is 1. The third-order valence-electron chi connectivity index (χ3n) is 11.0. The van der Waals surface area contributed by atoms with Crippen LogP contribution in [0.2, 0.25) is 18.1 Å². The zero-order valence-electron chi connectivity index (χ0n) is 31.4. The number of anilines is 3. The zero-order valence-corrected chi connectivity index (χ0v) is 32.4. The maximum Gasteiger partial charge on any atom is 0.417 e. The van der Waals surface area contributed by atoms with E-state index in [1.165, 1.54) is 17.7 Å². The number of amides is 2. The highest BCUT2D eigenvalue weighted by atomic mass is 28.4. The van der Waals surface area contributed by atoms with E-state index in [1.807, 2.05) is 18.2 Å². The van der Waals surface area contributed by atoms with Crippen molar-refractivity contribution in [2.75, 3.05) is 43.1 Å². The Kier molecular flexibility index (Phi) is 8.98. The van der Waals surface area contributed by atoms with Gasteiger partial charge < -0.3 is 24.1 Å². The maximum atomic E-state index is 14.1. The smallest absolute Gasteiger partial charge is 0.417 e. The number of imide groups is 1. The van der Waals surface area contributed by atoms with Crippen molar-refractivity contribution in [1.29, 1.82) is 0 Å². The van der Waals surface area contributed by atoms with E-state index in [-0.39, 0.29) is 17.0 Å². The highest BCUT2D eigenvalue weighted by Gasteiger charge is 2.45. The first-order valence-corrected chi connectivity index (χ1v) is 21.0. The summed E-state index contributed by atoms with van der Waals surface area (Å²) in [5.74, 6) is 0.632. The molecule has 3 aliphatic heterocycles. The Labute approximate surface area is 305 Å². The van der Waals surface area contributed by atoms with Gasteiger partial charge in [0, 0.05) is 55.1 Å². The number of hydrogen-bond acceptors (Lipinski definition) is 9. The second kappa shape index (κ2) is 13.0. The van der Waals surface area contributed by atoms with E-state index in [0.717, 1.165) is 36.6 Å². The molecule has 276 valence electrons. The maximum absolute atomic E-state index is 14.1. The molecule has 2 amide bonds. The van der Waals surface area contributed by atoms with Gasteiger partial charge in [0.05, 0.1) is 36.3 Å². The molecule has 13 heteroatoms. The Balaban J connectivity index is 1.24. The minimum Gasteiger partial charge on any atom is -0.443 e. The van der Waals surface area contributed by atoms with E-state index in [9.17, 15) is 14.0 Å². The predicted molar refractivity (Wildman–Crippen MR) is 201 cm³/mol. The van der Waals surface area contributed by atoms with E-state index in [2.05, 4.69) is 55.1 Å². The van der Waals surface area contributed by atoms with E-state index < -0.39 is 31.7 Å². The van der Waals surface area contributed by atoms with Crippen LogP contribution in [0.1, 0.15) is 75.9 Å². The summed E-state index contributed by atoms with van der Waals surface area (Å²) in [5.41, 5.74) is 3.70. The summed E-state index contributed by atoms with van der Waals surface area (Å²) in [4.78, 5) is 40.5. The van der Waals surface area contributed by atoms with Crippen LogP contribution in [0.15, 0.2) is 48.8 Å². The number of rotatable bonds is 7. The number of ether oxygens (including phenoxy) is 2. The van der Waals surface area contributed by atoms with E-state index in [4.69, 9.17) is 18.9 Å². The van der Waals surface area contributed by atoms with Gasteiger partial charge in [-0.2, -0.15) is 0 Å². The van der Waals surface area contributed by atoms with Gasteiger partial charge in [0.2, 0.25) is 0 Å². The number of carbonyl (C=O) groups excluding carboxylic acids is 2. The molecule has 4 aromatic rings. The molecule has 1 N–H and O–H groups in total. The van der Waals surface area contributed by atoms with Crippen LogP contribution < -0.4 is 10.2 Å². The lowest BCUT2D eigenvalue weighted by Crippen LogP contribution is -2.44. The molecule has 3 aromatic heterocycles. The molecule has 0 aliphatic carbocycles. The molecule has 1 spiro atoms. The molecule has 0 unspecified atom stereocenters. The fourth-order valence-corrected chi connectivity index (χ4v) is 8.26. The van der Waals surface area contributed by atoms with Crippen molar-refractivity contribution in [3.8, 4) is 11.3 Å². The van der Waals surface area contributed by atoms with Crippen molar-refractivity contribution < 1.29 is 27.9 Å². The van der Waals surface area contributed by atoms with E-state index in [1.54, 1.807) is 37.6 Å². The fourth-order valence-electron chi connectivity index (χ4n) is 7.22. The number of hydrogen-bond donors (Lipinski definition) is 1. The largest absolute Gasteiger partial charge is 0.443 e. The summed E-state index contributed by atoms with van der Waals surface area (Å²) in [6.45, 7) is 20.2. The van der Waals surface area contributed by atoms with Gasteiger partial charge in [0.15, 0.2) is 8.32 Å². The van der Waals surface area contributed by atoms with Gasteiger partial charge in [-0.15, -0.1) is 0 Å². The van der Waals surface area contributed by atoms with Gasteiger partial charge in [-0.25, -0.2) is 24.1 Å². The molecule has 7 rings (SSSR count). The number of benzene rings is 1. The van der Waals surface area contributed by atoms with Crippen molar-refractivity contribution in [3.05, 3.63) is 71.3 Å². The summed E-state index contributed by atoms with van der Waals surface area (Å²) in [6.07, 6.45) is 4.38. The van der Waals surface area contributed by atoms with Gasteiger partial charge in [0.1, 0.15) is 28.7 Å². The molecular weight excluding hydrogens is 680 g/mol. The molecule has 6 heterocycles. The molecule has 1 saturated heterocycles. The van der Waals surface area contributed by atoms with Crippen LogP contribution >= 0.6 is 0 Å². The molecule has 11 nitrogen and oxygen atoms in total. The first kappa shape index (κ1) is 36.0. The van der Waals surface area contributed by atoms with Crippen molar-refractivity contribution >= 4 is 43.3 Å². The third-order valence-corrected chi connectivity index (χ3v) is 15.6. The van der Waals surface area contributed by atoms with Crippen LogP contribution in [0.25, 0.3) is 16.9 Å². The minimum absolute atomic E-state index is 0.00652. The number of pyridine rings is 2. The lowest BCUT2D eigenvalue weighted by atomic mass is 9.76. The van der Waals surface area contributed by atoms with Crippen LogP contribution in [0.5, 0.6) is 0 Å². The van der Waals surface area contributed by atoms with E-state index >= 15 is 0 Å². The third kappa shape index (κ3) is 6.58. The Bertz CT molecular complexity index is 2050. The minimum atomic E-state index is -1.94. The van der Waals surface area contributed by atoms with Crippen molar-refractivity contribution in [3.63, 3.8) is 0 Å². The van der Waals surface area contributed by atoms with Gasteiger partial charge in [-0.1, -0.05) is 32.9 Å². The quantitative estimate of drug-likeness (QED) is 0.189. The Hall–Kier alpha value is -4.33. The lowest BCUT2D eigenvalue weighted by Gasteiger charge is -2.37. The zero-order chi connectivity index (χ0) is 37.2. The van der Waals surface area contributed by atoms with Crippen LogP contribution in [0, 0.1) is 5.82 Å². The number of nitrogens with zero attached hydrogens (tertiary/aromatic N) is 5. The second-order valence-corrected chi connectivity index (χ2v) is 21.5. The monoisotopic (exact) mass is 728 g/mol. The number of imidazole rings is 1. The van der Waals surface area contributed by atoms with Crippen LogP contribution in [-0.4, -0.2) is 78.1 Å². The predicted octanol–water partition coefficient (Wildman–Crippen LogP) is 8.06. The molecule has 52 heavy (non-hydrogen) atoms. The Morgan fingerprint density at radius 1 is 1.08 bits per heavy atom. The molecular formula is C39H49FN6O5Si. The van der Waals surface area contributed by atoms with Gasteiger partial charge in [-0.3, -0.25) is 9.20 Å². The second-order valence-electron chi connectivity index (χ2n) is 16.7. The number of aromatic nitrogens is 3. The average Bonchev–Trinajstić information content (AvgIpc) is 3.72. The topological polar surface area (TPSA) is 111 Å². The van der Waals surface area contributed by atoms with Gasteiger partial charge >= 0.3 is 6.09 Å². The molecule has 1 fully saturated rings. The Morgan fingerprint density at radius 3 is 2.54 bits per heavy atom. The first-order chi connectivity index (χ1) is 24.5. The SMILES string of the molecule is CC(C)(C)OC(=O)N1Cc2c(-c3cnc4cc(F)ccn34)ccc(Nc3ccc4c(n3)N(CCO[Si](C)(C)C(C)(C)C)CC43CCOCC3)c2C1=O. The molecule has 0 bridgehead atoms. The summed E-state index contributed by atoms with van der Waals surface area (Å²) >= 11 is 0. The van der Waals surface area contributed by atoms with Crippen LogP contribution in [0.3, 0.4) is 0 Å². The summed E-state index contributed by atoms with van der Waals surface area (Å²) in [7, 11) is -1.94. The van der Waals surface area contributed by atoms with Crippen LogP contribution in [0.4, 0.5) is 26.5 Å². The number of fused-ring (bicyclic) bond motifs is 4. The highest BCUT2D eigenvalue weighted by Crippen LogP contribution is 2.47.